The molecule has 0 aliphatic heterocycles. The number of rotatable bonds is 0. The summed E-state index contributed by atoms with van der Waals surface area (Å²) in [7, 11) is 0. The fourth-order valence-electron chi connectivity index (χ4n) is 1.06. The highest BCUT2D eigenvalue weighted by Gasteiger charge is 1.96. The summed E-state index contributed by atoms with van der Waals surface area (Å²) >= 11 is 4.00. The molecule has 1 N–H and O–H groups in total. The number of hydrogen-bond donors (Lipinski definition) is 2. The average Bonchev–Trinajstić information content (AvgIpc) is 2.61. The van der Waals surface area contributed by atoms with E-state index in [0.29, 0.717) is 5.75 Å². The SMILES string of the molecule is SCC#Cc1ccc2n[nH]nc2c1. The number of aromatic amines is 1. The lowest BCUT2D eigenvalue weighted by Crippen LogP contribution is -1.75. The van der Waals surface area contributed by atoms with Crippen LogP contribution in [0.4, 0.5) is 0 Å². The van der Waals surface area contributed by atoms with Gasteiger partial charge in [-0.1, -0.05) is 11.8 Å². The molecule has 1 aromatic carbocycles. The molecule has 0 unspecified atom stereocenters. The van der Waals surface area contributed by atoms with Gasteiger partial charge in [-0.15, -0.1) is 0 Å². The van der Waals surface area contributed by atoms with Crippen LogP contribution in [0.1, 0.15) is 5.56 Å². The maximum absolute atomic E-state index is 4.00. The van der Waals surface area contributed by atoms with Crippen LogP contribution in [0.2, 0.25) is 0 Å². The third-order valence-corrected chi connectivity index (χ3v) is 1.79. The molecule has 1 aromatic heterocycles. The quantitative estimate of drug-likeness (QED) is 0.483. The highest BCUT2D eigenvalue weighted by atomic mass is 32.1. The fraction of sp³-hybridized carbons (Fsp3) is 0.111. The van der Waals surface area contributed by atoms with Crippen molar-refractivity contribution in [1.29, 1.82) is 0 Å². The van der Waals surface area contributed by atoms with Crippen LogP contribution in [0.5, 0.6) is 0 Å². The van der Waals surface area contributed by atoms with Gasteiger partial charge in [-0.2, -0.15) is 28.0 Å². The summed E-state index contributed by atoms with van der Waals surface area (Å²) in [4.78, 5) is 0. The molecule has 0 fully saturated rings. The van der Waals surface area contributed by atoms with Gasteiger partial charge in [0.25, 0.3) is 0 Å². The van der Waals surface area contributed by atoms with Crippen molar-refractivity contribution in [1.82, 2.24) is 15.4 Å². The Morgan fingerprint density at radius 3 is 3.00 bits per heavy atom. The minimum Gasteiger partial charge on any atom is -0.197 e. The molecule has 0 saturated heterocycles. The van der Waals surface area contributed by atoms with Gasteiger partial charge in [0.2, 0.25) is 0 Å². The molecule has 1 heterocycles. The van der Waals surface area contributed by atoms with Crippen LogP contribution in [0, 0.1) is 11.8 Å². The first-order chi connectivity index (χ1) is 6.40. The van der Waals surface area contributed by atoms with Crippen LogP contribution in [-0.4, -0.2) is 21.2 Å². The van der Waals surface area contributed by atoms with Crippen LogP contribution in [0.3, 0.4) is 0 Å². The Morgan fingerprint density at radius 1 is 1.31 bits per heavy atom. The van der Waals surface area contributed by atoms with Crippen molar-refractivity contribution < 1.29 is 0 Å². The van der Waals surface area contributed by atoms with Crippen molar-refractivity contribution in [2.75, 3.05) is 5.75 Å². The maximum Gasteiger partial charge on any atom is 0.114 e. The van der Waals surface area contributed by atoms with Gasteiger partial charge in [0.05, 0.1) is 5.75 Å². The number of thiol groups is 1. The molecule has 13 heavy (non-hydrogen) atoms. The molecule has 0 radical (unpaired) electrons. The van der Waals surface area contributed by atoms with Crippen molar-refractivity contribution in [2.24, 2.45) is 0 Å². The highest BCUT2D eigenvalue weighted by Crippen LogP contribution is 2.09. The number of nitrogens with one attached hydrogen (secondary N) is 1. The van der Waals surface area contributed by atoms with Gasteiger partial charge in [0.15, 0.2) is 0 Å². The van der Waals surface area contributed by atoms with Crippen molar-refractivity contribution in [2.45, 2.75) is 0 Å². The van der Waals surface area contributed by atoms with Gasteiger partial charge < -0.3 is 0 Å². The number of fused-ring (bicyclic) bond motifs is 1. The van der Waals surface area contributed by atoms with E-state index in [1.54, 1.807) is 0 Å². The average molecular weight is 189 g/mol. The third-order valence-electron chi connectivity index (χ3n) is 1.63. The van der Waals surface area contributed by atoms with Crippen molar-refractivity contribution >= 4 is 23.7 Å². The van der Waals surface area contributed by atoms with E-state index in [9.17, 15) is 0 Å². The molecular formula is C9H7N3S. The first-order valence-corrected chi connectivity index (χ1v) is 4.43. The van der Waals surface area contributed by atoms with E-state index in [-0.39, 0.29) is 0 Å². The first kappa shape index (κ1) is 8.14. The summed E-state index contributed by atoms with van der Waals surface area (Å²) in [6.45, 7) is 0. The van der Waals surface area contributed by atoms with Gasteiger partial charge in [-0.05, 0) is 18.2 Å². The topological polar surface area (TPSA) is 41.6 Å². The Balaban J connectivity index is 2.48. The van der Waals surface area contributed by atoms with Crippen LogP contribution >= 0.6 is 12.6 Å². The maximum atomic E-state index is 4.00. The molecule has 3 nitrogen and oxygen atoms in total. The summed E-state index contributed by atoms with van der Waals surface area (Å²) in [5, 5.41) is 10.5. The number of benzene rings is 1. The highest BCUT2D eigenvalue weighted by molar-refractivity contribution is 7.80. The van der Waals surface area contributed by atoms with E-state index in [2.05, 4.69) is 39.9 Å². The van der Waals surface area contributed by atoms with Gasteiger partial charge in [-0.3, -0.25) is 0 Å². The summed E-state index contributed by atoms with van der Waals surface area (Å²) in [5.41, 5.74) is 2.64. The zero-order chi connectivity index (χ0) is 9.10. The van der Waals surface area contributed by atoms with E-state index >= 15 is 0 Å². The largest absolute Gasteiger partial charge is 0.197 e. The Labute approximate surface area is 80.9 Å². The minimum atomic E-state index is 0.566. The molecule has 0 aliphatic carbocycles. The molecule has 0 atom stereocenters. The molecule has 2 rings (SSSR count). The van der Waals surface area contributed by atoms with Crippen molar-refractivity contribution in [3.8, 4) is 11.8 Å². The standard InChI is InChI=1S/C9H7N3S/c13-5-1-2-7-3-4-8-9(6-7)11-12-10-8/h3-4,6,13H,5H2,(H,10,11,12). The number of hydrogen-bond acceptors (Lipinski definition) is 3. The van der Waals surface area contributed by atoms with Crippen LogP contribution in [-0.2, 0) is 0 Å². The number of aromatic nitrogens is 3. The van der Waals surface area contributed by atoms with Crippen molar-refractivity contribution in [3.63, 3.8) is 0 Å². The number of nitrogens with zero attached hydrogens (tertiary/aromatic N) is 2. The van der Waals surface area contributed by atoms with Gasteiger partial charge in [-0.25, -0.2) is 0 Å². The zero-order valence-corrected chi connectivity index (χ0v) is 7.68. The molecule has 0 spiro atoms. The second-order valence-electron chi connectivity index (χ2n) is 2.49. The molecule has 0 amide bonds. The molecule has 4 heteroatoms. The summed E-state index contributed by atoms with van der Waals surface area (Å²) in [5.74, 6) is 6.41. The van der Waals surface area contributed by atoms with Crippen LogP contribution in [0.15, 0.2) is 18.2 Å². The summed E-state index contributed by atoms with van der Waals surface area (Å²) < 4.78 is 0. The normalized spacial score (nSPS) is 9.62. The molecular weight excluding hydrogens is 182 g/mol. The molecule has 0 saturated carbocycles. The lowest BCUT2D eigenvalue weighted by Gasteiger charge is -1.87. The predicted octanol–water partition coefficient (Wildman–Crippen LogP) is 1.24. The monoisotopic (exact) mass is 189 g/mol. The van der Waals surface area contributed by atoms with E-state index < -0.39 is 0 Å². The molecule has 2 aromatic rings. The lowest BCUT2D eigenvalue weighted by atomic mass is 10.2. The molecule has 0 aliphatic rings. The van der Waals surface area contributed by atoms with E-state index in [1.165, 1.54) is 0 Å². The Bertz CT molecular complexity index is 478. The van der Waals surface area contributed by atoms with Gasteiger partial charge in [0.1, 0.15) is 11.0 Å². The third kappa shape index (κ3) is 1.65. The Kier molecular flexibility index (Phi) is 2.19. The predicted molar refractivity (Wildman–Crippen MR) is 54.6 cm³/mol. The second kappa shape index (κ2) is 3.50. The zero-order valence-electron chi connectivity index (χ0n) is 6.78. The first-order valence-electron chi connectivity index (χ1n) is 3.80. The fourth-order valence-corrected chi connectivity index (χ4v) is 1.14. The Morgan fingerprint density at radius 2 is 2.15 bits per heavy atom. The lowest BCUT2D eigenvalue weighted by molar-refractivity contribution is 0.959. The smallest absolute Gasteiger partial charge is 0.114 e. The van der Waals surface area contributed by atoms with Crippen molar-refractivity contribution in [3.05, 3.63) is 23.8 Å². The summed E-state index contributed by atoms with van der Waals surface area (Å²) in [6.07, 6.45) is 0. The van der Waals surface area contributed by atoms with Crippen LogP contribution in [0.25, 0.3) is 11.0 Å². The summed E-state index contributed by atoms with van der Waals surface area (Å²) in [6, 6.07) is 5.71. The molecule has 64 valence electrons. The molecule has 0 bridgehead atoms. The van der Waals surface area contributed by atoms with Gasteiger partial charge in [0, 0.05) is 5.56 Å². The Hall–Kier alpha value is -1.47. The van der Waals surface area contributed by atoms with E-state index in [4.69, 9.17) is 0 Å². The minimum absolute atomic E-state index is 0.566. The number of H-pyrrole nitrogens is 1. The van der Waals surface area contributed by atoms with E-state index in [1.807, 2.05) is 18.2 Å². The van der Waals surface area contributed by atoms with E-state index in [0.717, 1.165) is 16.6 Å². The second-order valence-corrected chi connectivity index (χ2v) is 2.80. The van der Waals surface area contributed by atoms with Gasteiger partial charge >= 0.3 is 0 Å². The van der Waals surface area contributed by atoms with Crippen LogP contribution < -0.4 is 0 Å².